The number of nitrogens with zero attached hydrogens (tertiary/aromatic N) is 1. The molecule has 0 saturated heterocycles. The monoisotopic (exact) mass is 424 g/mol. The predicted molar refractivity (Wildman–Crippen MR) is 116 cm³/mol. The molecule has 1 aliphatic rings. The summed E-state index contributed by atoms with van der Waals surface area (Å²) in [7, 11) is 3.14. The highest BCUT2D eigenvalue weighted by molar-refractivity contribution is 5.98. The molecule has 2 aromatic carbocycles. The van der Waals surface area contributed by atoms with Gasteiger partial charge in [-0.05, 0) is 43.7 Å². The van der Waals surface area contributed by atoms with Crippen molar-refractivity contribution in [2.45, 2.75) is 26.2 Å². The van der Waals surface area contributed by atoms with Gasteiger partial charge < -0.3 is 19.5 Å². The fraction of sp³-hybridized carbons (Fsp3) is 0.333. The Balaban J connectivity index is 2.01. The van der Waals surface area contributed by atoms with E-state index in [1.54, 1.807) is 45.4 Å². The number of methoxy groups -OCH3 is 2. The molecular weight excluding hydrogens is 396 g/mol. The van der Waals surface area contributed by atoms with Crippen molar-refractivity contribution in [2.75, 3.05) is 27.4 Å². The van der Waals surface area contributed by atoms with Gasteiger partial charge in [-0.2, -0.15) is 0 Å². The predicted octanol–water partition coefficient (Wildman–Crippen LogP) is 3.29. The lowest BCUT2D eigenvalue weighted by atomic mass is 9.93. The van der Waals surface area contributed by atoms with Crippen molar-refractivity contribution in [3.8, 4) is 5.75 Å². The number of carbonyl (C=O) groups excluding carboxylic acids is 2. The quantitative estimate of drug-likeness (QED) is 0.515. The third kappa shape index (κ3) is 4.95. The Morgan fingerprint density at radius 1 is 1.03 bits per heavy atom. The Morgan fingerprint density at radius 3 is 2.29 bits per heavy atom. The molecule has 0 spiro atoms. The maximum atomic E-state index is 13.1. The van der Waals surface area contributed by atoms with Crippen molar-refractivity contribution in [3.05, 3.63) is 77.0 Å². The summed E-state index contributed by atoms with van der Waals surface area (Å²) in [5.74, 6) is 0.157. The first-order valence-corrected chi connectivity index (χ1v) is 10.1. The molecule has 2 aromatic rings. The van der Waals surface area contributed by atoms with Crippen LogP contribution in [0.3, 0.4) is 0 Å². The summed E-state index contributed by atoms with van der Waals surface area (Å²) in [6, 6.07) is 16.0. The zero-order chi connectivity index (χ0) is 22.4. The Morgan fingerprint density at radius 2 is 1.71 bits per heavy atom. The van der Waals surface area contributed by atoms with Crippen molar-refractivity contribution in [2.24, 2.45) is 0 Å². The molecule has 0 saturated carbocycles. The van der Waals surface area contributed by atoms with Crippen LogP contribution in [0.4, 0.5) is 0 Å². The first-order chi connectivity index (χ1) is 15.0. The van der Waals surface area contributed by atoms with Gasteiger partial charge in [-0.3, -0.25) is 4.79 Å². The Kier molecular flexibility index (Phi) is 7.44. The number of carbonyl (C=O) groups is 2. The lowest BCUT2D eigenvalue weighted by Crippen LogP contribution is -2.55. The molecule has 1 N–H and O–H groups in total. The summed E-state index contributed by atoms with van der Waals surface area (Å²) in [4.78, 5) is 27.8. The topological polar surface area (TPSA) is 77.1 Å². The summed E-state index contributed by atoms with van der Waals surface area (Å²) in [5.41, 5.74) is 2.54. The normalized spacial score (nSPS) is 19.0. The van der Waals surface area contributed by atoms with E-state index in [2.05, 4.69) is 5.32 Å². The second-order valence-electron chi connectivity index (χ2n) is 7.13. The van der Waals surface area contributed by atoms with E-state index in [0.717, 1.165) is 5.56 Å². The fourth-order valence-electron chi connectivity index (χ4n) is 3.72. The summed E-state index contributed by atoms with van der Waals surface area (Å²) in [5, 5.41) is 3.19. The van der Waals surface area contributed by atoms with Gasteiger partial charge in [0.25, 0.3) is 0 Å². The number of benzene rings is 2. The minimum absolute atomic E-state index is 0.0353. The molecule has 7 nitrogen and oxygen atoms in total. The number of rotatable bonds is 8. The summed E-state index contributed by atoms with van der Waals surface area (Å²) < 4.78 is 16.2. The summed E-state index contributed by atoms with van der Waals surface area (Å²) in [6.07, 6.45) is -0.592. The highest BCUT2D eigenvalue weighted by Gasteiger charge is 2.40. The van der Waals surface area contributed by atoms with Crippen LogP contribution in [0.25, 0.3) is 0 Å². The molecule has 1 aliphatic heterocycles. The van der Waals surface area contributed by atoms with Crippen LogP contribution in [-0.4, -0.2) is 50.4 Å². The molecule has 0 aliphatic carbocycles. The van der Waals surface area contributed by atoms with Crippen LogP contribution in [0.15, 0.2) is 65.9 Å². The molecule has 0 fully saturated rings. The van der Waals surface area contributed by atoms with Crippen LogP contribution >= 0.6 is 0 Å². The molecule has 164 valence electrons. The molecule has 31 heavy (non-hydrogen) atoms. The van der Waals surface area contributed by atoms with Gasteiger partial charge in [0.15, 0.2) is 12.1 Å². The van der Waals surface area contributed by atoms with Crippen molar-refractivity contribution in [1.29, 1.82) is 0 Å². The second-order valence-corrected chi connectivity index (χ2v) is 7.13. The van der Waals surface area contributed by atoms with Gasteiger partial charge in [0.2, 0.25) is 0 Å². The zero-order valence-electron chi connectivity index (χ0n) is 18.3. The van der Waals surface area contributed by atoms with Crippen molar-refractivity contribution < 1.29 is 23.8 Å². The summed E-state index contributed by atoms with van der Waals surface area (Å²) in [6.45, 7) is 3.88. The molecule has 0 amide bonds. The zero-order valence-corrected chi connectivity index (χ0v) is 18.3. The molecule has 1 heterocycles. The SMILES string of the molecule is CCOC(=O)C1=C(C)NC(OC)N(CC(=O)c2ccc(OC)cc2)C1c1ccccc1. The van der Waals surface area contributed by atoms with E-state index in [0.29, 0.717) is 22.6 Å². The molecule has 0 radical (unpaired) electrons. The first-order valence-electron chi connectivity index (χ1n) is 10.1. The van der Waals surface area contributed by atoms with Gasteiger partial charge in [-0.1, -0.05) is 30.3 Å². The number of hydrogen-bond acceptors (Lipinski definition) is 7. The third-order valence-electron chi connectivity index (χ3n) is 5.22. The average Bonchev–Trinajstić information content (AvgIpc) is 2.80. The van der Waals surface area contributed by atoms with Gasteiger partial charge >= 0.3 is 5.97 Å². The maximum absolute atomic E-state index is 13.1. The summed E-state index contributed by atoms with van der Waals surface area (Å²) >= 11 is 0. The first kappa shape index (κ1) is 22.5. The molecule has 7 heteroatoms. The fourth-order valence-corrected chi connectivity index (χ4v) is 3.72. The van der Waals surface area contributed by atoms with Crippen molar-refractivity contribution >= 4 is 11.8 Å². The number of Topliss-reactive ketones (excluding diaryl/α,β-unsaturated/α-hetero) is 1. The van der Waals surface area contributed by atoms with Crippen molar-refractivity contribution in [1.82, 2.24) is 10.2 Å². The number of ketones is 1. The maximum Gasteiger partial charge on any atom is 0.337 e. The van der Waals surface area contributed by atoms with Gasteiger partial charge in [-0.25, -0.2) is 9.69 Å². The minimum Gasteiger partial charge on any atom is -0.497 e. The number of ether oxygens (including phenoxy) is 3. The number of nitrogens with one attached hydrogen (secondary N) is 1. The smallest absolute Gasteiger partial charge is 0.337 e. The van der Waals surface area contributed by atoms with Gasteiger partial charge in [0.1, 0.15) is 5.75 Å². The second kappa shape index (κ2) is 10.2. The van der Waals surface area contributed by atoms with Gasteiger partial charge in [-0.15, -0.1) is 0 Å². The highest BCUT2D eigenvalue weighted by Crippen LogP contribution is 2.36. The number of allylic oxidation sites excluding steroid dienone is 1. The highest BCUT2D eigenvalue weighted by atomic mass is 16.5. The molecule has 2 atom stereocenters. The van der Waals surface area contributed by atoms with E-state index in [1.165, 1.54) is 0 Å². The van der Waals surface area contributed by atoms with E-state index >= 15 is 0 Å². The lowest BCUT2D eigenvalue weighted by Gasteiger charge is -2.42. The van der Waals surface area contributed by atoms with Crippen LogP contribution in [0.1, 0.15) is 35.8 Å². The Bertz CT molecular complexity index is 940. The van der Waals surface area contributed by atoms with E-state index in [-0.39, 0.29) is 18.9 Å². The van der Waals surface area contributed by atoms with E-state index in [1.807, 2.05) is 42.2 Å². The van der Waals surface area contributed by atoms with Crippen LogP contribution < -0.4 is 10.1 Å². The average molecular weight is 424 g/mol. The van der Waals surface area contributed by atoms with E-state index in [9.17, 15) is 9.59 Å². The minimum atomic E-state index is -0.592. The molecule has 2 unspecified atom stereocenters. The van der Waals surface area contributed by atoms with Crippen LogP contribution in [-0.2, 0) is 14.3 Å². The standard InChI is InChI=1S/C24H28N2O5/c1-5-31-23(28)21-16(2)25-24(30-4)26(22(21)18-9-7-6-8-10-18)15-20(27)17-11-13-19(29-3)14-12-17/h6-14,22,24-25H,5,15H2,1-4H3. The number of esters is 1. The Labute approximate surface area is 182 Å². The molecule has 0 aromatic heterocycles. The molecule has 0 bridgehead atoms. The van der Waals surface area contributed by atoms with E-state index < -0.39 is 18.4 Å². The van der Waals surface area contributed by atoms with Crippen molar-refractivity contribution in [3.63, 3.8) is 0 Å². The number of hydrogen-bond donors (Lipinski definition) is 1. The Hall–Kier alpha value is -3.16. The largest absolute Gasteiger partial charge is 0.497 e. The lowest BCUT2D eigenvalue weighted by molar-refractivity contribution is -0.141. The van der Waals surface area contributed by atoms with Crippen LogP contribution in [0.2, 0.25) is 0 Å². The van der Waals surface area contributed by atoms with Crippen LogP contribution in [0.5, 0.6) is 5.75 Å². The van der Waals surface area contributed by atoms with Crippen LogP contribution in [0, 0.1) is 0 Å². The third-order valence-corrected chi connectivity index (χ3v) is 5.22. The molecule has 3 rings (SSSR count). The van der Waals surface area contributed by atoms with Gasteiger partial charge in [0.05, 0.1) is 31.9 Å². The molecular formula is C24H28N2O5. The van der Waals surface area contributed by atoms with E-state index in [4.69, 9.17) is 14.2 Å². The van der Waals surface area contributed by atoms with Gasteiger partial charge in [0, 0.05) is 18.4 Å².